The van der Waals surface area contributed by atoms with Crippen LogP contribution in [0.2, 0.25) is 0 Å². The van der Waals surface area contributed by atoms with Crippen molar-refractivity contribution in [2.45, 2.75) is 66.2 Å². The van der Waals surface area contributed by atoms with E-state index in [9.17, 15) is 4.79 Å². The minimum absolute atomic E-state index is 0.167. The van der Waals surface area contributed by atoms with E-state index in [2.05, 4.69) is 27.7 Å². The molecule has 22 heavy (non-hydrogen) atoms. The summed E-state index contributed by atoms with van der Waals surface area (Å²) < 4.78 is 5.19. The molecule has 0 aliphatic heterocycles. The van der Waals surface area contributed by atoms with E-state index in [0.717, 1.165) is 36.8 Å². The second-order valence-corrected chi connectivity index (χ2v) is 8.09. The fourth-order valence-corrected chi connectivity index (χ4v) is 4.93. The monoisotopic (exact) mass is 300 g/mol. The molecule has 1 aromatic rings. The van der Waals surface area contributed by atoms with Crippen LogP contribution in [0.3, 0.4) is 0 Å². The number of carbonyl (C=O) groups excluding carboxylic acids is 1. The molecule has 2 atom stereocenters. The van der Waals surface area contributed by atoms with Crippen molar-refractivity contribution in [3.05, 3.63) is 35.3 Å². The number of ketones is 1. The van der Waals surface area contributed by atoms with Gasteiger partial charge in [0.2, 0.25) is 0 Å². The summed E-state index contributed by atoms with van der Waals surface area (Å²) in [6, 6.07) is 1.98. The van der Waals surface area contributed by atoms with Gasteiger partial charge in [-0.25, -0.2) is 0 Å². The van der Waals surface area contributed by atoms with Crippen LogP contribution >= 0.6 is 0 Å². The highest BCUT2D eigenvalue weighted by molar-refractivity contribution is 6.02. The van der Waals surface area contributed by atoms with E-state index in [1.807, 2.05) is 6.07 Å². The number of allylic oxidation sites excluding steroid dienone is 2. The van der Waals surface area contributed by atoms with Crippen molar-refractivity contribution < 1.29 is 9.21 Å². The summed E-state index contributed by atoms with van der Waals surface area (Å²) in [6.45, 7) is 9.13. The Morgan fingerprint density at radius 3 is 2.68 bits per heavy atom. The third-order valence-electron chi connectivity index (χ3n) is 6.29. The molecular formula is C20H28O2. The fourth-order valence-electron chi connectivity index (χ4n) is 4.93. The van der Waals surface area contributed by atoms with E-state index < -0.39 is 0 Å². The first-order valence-electron chi connectivity index (χ1n) is 8.65. The number of rotatable bonds is 3. The molecule has 0 N–H and O–H groups in total. The molecule has 0 radical (unpaired) electrons. The Morgan fingerprint density at radius 2 is 2.05 bits per heavy atom. The predicted molar refractivity (Wildman–Crippen MR) is 88.6 cm³/mol. The highest BCUT2D eigenvalue weighted by Crippen LogP contribution is 2.57. The van der Waals surface area contributed by atoms with Crippen LogP contribution in [-0.4, -0.2) is 5.78 Å². The quantitative estimate of drug-likeness (QED) is 0.754. The number of fused-ring (bicyclic) bond motifs is 1. The topological polar surface area (TPSA) is 30.2 Å². The molecule has 1 saturated carbocycles. The largest absolute Gasteiger partial charge is 0.472 e. The van der Waals surface area contributed by atoms with Crippen LogP contribution in [0.15, 0.2) is 34.2 Å². The number of Topliss-reactive ketones (excluding diaryl/α,β-unsaturated/α-hetero) is 1. The van der Waals surface area contributed by atoms with Gasteiger partial charge in [-0.05, 0) is 54.2 Å². The van der Waals surface area contributed by atoms with Gasteiger partial charge in [-0.3, -0.25) is 4.79 Å². The smallest absolute Gasteiger partial charge is 0.165 e. The lowest BCUT2D eigenvalue weighted by atomic mass is 9.50. The molecule has 0 amide bonds. The van der Waals surface area contributed by atoms with Gasteiger partial charge in [-0.2, -0.15) is 0 Å². The van der Waals surface area contributed by atoms with Gasteiger partial charge in [-0.1, -0.05) is 39.7 Å². The van der Waals surface area contributed by atoms with Crippen LogP contribution in [0.25, 0.3) is 0 Å². The fraction of sp³-hybridized carbons (Fsp3) is 0.650. The lowest BCUT2D eigenvalue weighted by Gasteiger charge is -2.53. The summed E-state index contributed by atoms with van der Waals surface area (Å²) in [7, 11) is 0. The maximum Gasteiger partial charge on any atom is 0.165 e. The second kappa shape index (κ2) is 5.40. The Morgan fingerprint density at radius 1 is 1.27 bits per heavy atom. The van der Waals surface area contributed by atoms with Crippen LogP contribution in [0.5, 0.6) is 0 Å². The standard InChI is InChI=1S/C20H28O2/c1-5-15-12-17-19(2,3)8-6-9-20(17,4)18(21)16(15)11-14-7-10-22-13-14/h7,10,13,17H,5-6,8-9,11-12H2,1-4H3/t17-,20-/m0/s1. The molecule has 2 nitrogen and oxygen atoms in total. The Kier molecular flexibility index (Phi) is 3.82. The summed E-state index contributed by atoms with van der Waals surface area (Å²) in [5.74, 6) is 0.902. The molecular weight excluding hydrogens is 272 g/mol. The third kappa shape index (κ3) is 2.37. The average molecular weight is 300 g/mol. The zero-order valence-corrected chi connectivity index (χ0v) is 14.4. The van der Waals surface area contributed by atoms with E-state index in [0.29, 0.717) is 11.7 Å². The zero-order valence-electron chi connectivity index (χ0n) is 14.4. The minimum Gasteiger partial charge on any atom is -0.472 e. The lowest BCUT2D eigenvalue weighted by molar-refractivity contribution is -0.135. The average Bonchev–Trinajstić information content (AvgIpc) is 2.96. The molecule has 2 aliphatic rings. The Bertz CT molecular complexity index is 591. The van der Waals surface area contributed by atoms with E-state index in [1.165, 1.54) is 18.4 Å². The molecule has 1 fully saturated rings. The van der Waals surface area contributed by atoms with Crippen molar-refractivity contribution in [2.24, 2.45) is 16.7 Å². The van der Waals surface area contributed by atoms with Crippen molar-refractivity contribution in [1.29, 1.82) is 0 Å². The van der Waals surface area contributed by atoms with E-state index in [1.54, 1.807) is 12.5 Å². The van der Waals surface area contributed by atoms with Gasteiger partial charge >= 0.3 is 0 Å². The molecule has 1 heterocycles. The summed E-state index contributed by atoms with van der Waals surface area (Å²) in [5, 5.41) is 0. The summed E-state index contributed by atoms with van der Waals surface area (Å²) in [4.78, 5) is 13.4. The van der Waals surface area contributed by atoms with Crippen molar-refractivity contribution in [2.75, 3.05) is 0 Å². The van der Waals surface area contributed by atoms with E-state index >= 15 is 0 Å². The number of carbonyl (C=O) groups is 1. The zero-order chi connectivity index (χ0) is 16.0. The number of hydrogen-bond donors (Lipinski definition) is 0. The van der Waals surface area contributed by atoms with Crippen LogP contribution < -0.4 is 0 Å². The first-order chi connectivity index (χ1) is 10.4. The normalized spacial score (nSPS) is 31.3. The lowest BCUT2D eigenvalue weighted by Crippen LogP contribution is -2.50. The molecule has 1 aromatic heterocycles. The van der Waals surface area contributed by atoms with Crippen molar-refractivity contribution >= 4 is 5.78 Å². The van der Waals surface area contributed by atoms with Crippen molar-refractivity contribution in [3.63, 3.8) is 0 Å². The molecule has 0 saturated heterocycles. The molecule has 120 valence electrons. The highest BCUT2D eigenvalue weighted by Gasteiger charge is 2.53. The SMILES string of the molecule is CCC1=C(Cc2ccoc2)C(=O)[C@@]2(C)CCCC(C)(C)[C@@H]2C1. The summed E-state index contributed by atoms with van der Waals surface area (Å²) in [5.41, 5.74) is 3.67. The van der Waals surface area contributed by atoms with Gasteiger partial charge in [0.25, 0.3) is 0 Å². The van der Waals surface area contributed by atoms with Gasteiger partial charge < -0.3 is 4.42 Å². The molecule has 2 aliphatic carbocycles. The molecule has 3 rings (SSSR count). The Labute approximate surface area is 134 Å². The molecule has 0 bridgehead atoms. The van der Waals surface area contributed by atoms with Crippen molar-refractivity contribution in [1.82, 2.24) is 0 Å². The van der Waals surface area contributed by atoms with Gasteiger partial charge in [0, 0.05) is 11.8 Å². The number of furan rings is 1. The van der Waals surface area contributed by atoms with E-state index in [-0.39, 0.29) is 10.8 Å². The van der Waals surface area contributed by atoms with Gasteiger partial charge in [0.1, 0.15) is 0 Å². The number of hydrogen-bond acceptors (Lipinski definition) is 2. The van der Waals surface area contributed by atoms with Crippen molar-refractivity contribution in [3.8, 4) is 0 Å². The first kappa shape index (κ1) is 15.6. The van der Waals surface area contributed by atoms with Crippen LogP contribution in [0.4, 0.5) is 0 Å². The van der Waals surface area contributed by atoms with E-state index in [4.69, 9.17) is 4.42 Å². The molecule has 0 aromatic carbocycles. The van der Waals surface area contributed by atoms with Crippen LogP contribution in [0, 0.1) is 16.7 Å². The highest BCUT2D eigenvalue weighted by atomic mass is 16.3. The Hall–Kier alpha value is -1.31. The second-order valence-electron chi connectivity index (χ2n) is 8.09. The van der Waals surface area contributed by atoms with Crippen LogP contribution in [0.1, 0.15) is 65.4 Å². The molecule has 2 heteroatoms. The maximum atomic E-state index is 13.4. The summed E-state index contributed by atoms with van der Waals surface area (Å²) >= 11 is 0. The minimum atomic E-state index is -0.167. The van der Waals surface area contributed by atoms with Crippen LogP contribution in [-0.2, 0) is 11.2 Å². The summed E-state index contributed by atoms with van der Waals surface area (Å²) in [6.07, 6.45) is 9.75. The molecule has 0 spiro atoms. The predicted octanol–water partition coefficient (Wildman–Crippen LogP) is 5.33. The van der Waals surface area contributed by atoms with Gasteiger partial charge in [-0.15, -0.1) is 0 Å². The first-order valence-corrected chi connectivity index (χ1v) is 8.65. The Balaban J connectivity index is 2.01. The van der Waals surface area contributed by atoms with Gasteiger partial charge in [0.05, 0.1) is 12.5 Å². The third-order valence-corrected chi connectivity index (χ3v) is 6.29. The maximum absolute atomic E-state index is 13.4. The van der Waals surface area contributed by atoms with Gasteiger partial charge in [0.15, 0.2) is 5.78 Å². The molecule has 0 unspecified atom stereocenters.